The van der Waals surface area contributed by atoms with Crippen molar-refractivity contribution in [3.8, 4) is 11.1 Å². The van der Waals surface area contributed by atoms with Crippen LogP contribution in [0, 0.1) is 0 Å². The number of nitrogens with one attached hydrogen (secondary N) is 1. The number of hydrogen-bond donors (Lipinski definition) is 1. The van der Waals surface area contributed by atoms with Crippen molar-refractivity contribution < 1.29 is 9.36 Å². The van der Waals surface area contributed by atoms with E-state index in [4.69, 9.17) is 23.2 Å². The Hall–Kier alpha value is -2.36. The largest absolute Gasteiger partial charge is 0.319 e. The maximum Gasteiger partial charge on any atom is 0.293 e. The Bertz CT molecular complexity index is 897. The normalized spacial score (nSPS) is 11.8. The number of rotatable bonds is 4. The molecule has 0 aliphatic rings. The lowest BCUT2D eigenvalue weighted by Gasteiger charge is -2.11. The molecule has 3 rings (SSSR count). The second-order valence-electron chi connectivity index (χ2n) is 5.70. The lowest BCUT2D eigenvalue weighted by Crippen LogP contribution is -2.44. The van der Waals surface area contributed by atoms with Gasteiger partial charge < -0.3 is 5.32 Å². The van der Waals surface area contributed by atoms with Crippen LogP contribution in [-0.2, 0) is 4.79 Å². The highest BCUT2D eigenvalue weighted by atomic mass is 35.5. The smallest absolute Gasteiger partial charge is 0.293 e. The number of carbonyl (C=O) groups is 1. The maximum absolute atomic E-state index is 12.6. The second-order valence-corrected chi connectivity index (χ2v) is 6.54. The first-order valence-electron chi connectivity index (χ1n) is 7.87. The molecule has 2 aromatic carbocycles. The van der Waals surface area contributed by atoms with Gasteiger partial charge in [-0.05, 0) is 29.8 Å². The van der Waals surface area contributed by atoms with Crippen molar-refractivity contribution >= 4 is 34.8 Å². The minimum absolute atomic E-state index is 0.167. The number of amides is 1. The summed E-state index contributed by atoms with van der Waals surface area (Å²) in [7, 11) is 0. The van der Waals surface area contributed by atoms with Crippen molar-refractivity contribution in [3.05, 3.63) is 83.1 Å². The van der Waals surface area contributed by atoms with Crippen molar-refractivity contribution in [2.24, 2.45) is 0 Å². The van der Waals surface area contributed by atoms with Crippen LogP contribution < -0.4 is 9.88 Å². The summed E-state index contributed by atoms with van der Waals surface area (Å²) in [5.74, 6) is -0.167. The Kier molecular flexibility index (Phi) is 5.37. The molecule has 0 fully saturated rings. The van der Waals surface area contributed by atoms with Gasteiger partial charge in [0.05, 0.1) is 10.7 Å². The Morgan fingerprint density at radius 3 is 2.48 bits per heavy atom. The van der Waals surface area contributed by atoms with Crippen molar-refractivity contribution in [1.82, 2.24) is 0 Å². The van der Waals surface area contributed by atoms with Crippen LogP contribution in [0.5, 0.6) is 0 Å². The van der Waals surface area contributed by atoms with Crippen LogP contribution in [0.25, 0.3) is 11.1 Å². The average molecular weight is 372 g/mol. The number of pyridine rings is 1. The van der Waals surface area contributed by atoms with Gasteiger partial charge in [-0.2, -0.15) is 4.57 Å². The van der Waals surface area contributed by atoms with Crippen LogP contribution >= 0.6 is 23.2 Å². The molecule has 25 heavy (non-hydrogen) atoms. The molecule has 0 saturated heterocycles. The fourth-order valence-electron chi connectivity index (χ4n) is 2.50. The van der Waals surface area contributed by atoms with E-state index in [1.54, 1.807) is 18.2 Å². The van der Waals surface area contributed by atoms with Crippen LogP contribution in [-0.4, -0.2) is 5.91 Å². The predicted octanol–water partition coefficient (Wildman–Crippen LogP) is 5.15. The van der Waals surface area contributed by atoms with Gasteiger partial charge in [-0.1, -0.05) is 53.5 Å². The van der Waals surface area contributed by atoms with Crippen molar-refractivity contribution in [1.29, 1.82) is 0 Å². The van der Waals surface area contributed by atoms with E-state index in [2.05, 4.69) is 5.32 Å². The molecule has 3 aromatic rings. The van der Waals surface area contributed by atoms with Gasteiger partial charge in [0.25, 0.3) is 5.91 Å². The molecule has 0 radical (unpaired) electrons. The van der Waals surface area contributed by atoms with Crippen molar-refractivity contribution in [2.45, 2.75) is 13.0 Å². The van der Waals surface area contributed by atoms with E-state index in [-0.39, 0.29) is 5.91 Å². The first-order chi connectivity index (χ1) is 12.0. The van der Waals surface area contributed by atoms with Crippen molar-refractivity contribution in [2.75, 3.05) is 5.32 Å². The first kappa shape index (κ1) is 17.5. The summed E-state index contributed by atoms with van der Waals surface area (Å²) in [5.41, 5.74) is 2.65. The van der Waals surface area contributed by atoms with Gasteiger partial charge in [-0.3, -0.25) is 4.79 Å². The van der Waals surface area contributed by atoms with E-state index in [0.29, 0.717) is 15.7 Å². The Labute approximate surface area is 156 Å². The Balaban J connectivity index is 1.82. The summed E-state index contributed by atoms with van der Waals surface area (Å²) in [4.78, 5) is 12.6. The molecule has 5 heteroatoms. The molecule has 0 unspecified atom stereocenters. The van der Waals surface area contributed by atoms with Crippen LogP contribution in [0.4, 0.5) is 5.69 Å². The molecule has 1 heterocycles. The zero-order chi connectivity index (χ0) is 17.8. The zero-order valence-corrected chi connectivity index (χ0v) is 15.1. The molecule has 1 aromatic heterocycles. The summed E-state index contributed by atoms with van der Waals surface area (Å²) < 4.78 is 1.87. The summed E-state index contributed by atoms with van der Waals surface area (Å²) in [6, 6.07) is 18.6. The summed E-state index contributed by atoms with van der Waals surface area (Å²) in [6.45, 7) is 1.84. The van der Waals surface area contributed by atoms with E-state index >= 15 is 0 Å². The topological polar surface area (TPSA) is 33.0 Å². The first-order valence-corrected chi connectivity index (χ1v) is 8.62. The standard InChI is InChI=1S/C20H16Cl2N2O/c1-14(20(25)23-19-12-17(21)9-10-18(19)22)24-11-5-8-16(13-24)15-6-3-2-4-7-15/h2-14H,1H3/p+1/t14-/m1/s1. The van der Waals surface area contributed by atoms with Crippen LogP contribution in [0.2, 0.25) is 10.0 Å². The third-order valence-electron chi connectivity index (χ3n) is 3.94. The van der Waals surface area contributed by atoms with Crippen LogP contribution in [0.15, 0.2) is 73.1 Å². The van der Waals surface area contributed by atoms with Gasteiger partial charge in [0, 0.05) is 23.6 Å². The minimum Gasteiger partial charge on any atom is -0.319 e. The molecule has 0 bridgehead atoms. The van der Waals surface area contributed by atoms with Gasteiger partial charge >= 0.3 is 0 Å². The summed E-state index contributed by atoms with van der Waals surface area (Å²) in [6.07, 6.45) is 3.83. The molecule has 1 N–H and O–H groups in total. The highest BCUT2D eigenvalue weighted by Crippen LogP contribution is 2.26. The number of anilines is 1. The highest BCUT2D eigenvalue weighted by molar-refractivity contribution is 6.35. The molecule has 0 saturated carbocycles. The molecular weight excluding hydrogens is 355 g/mol. The quantitative estimate of drug-likeness (QED) is 0.632. The number of nitrogens with zero attached hydrogens (tertiary/aromatic N) is 1. The van der Waals surface area contributed by atoms with E-state index in [9.17, 15) is 4.79 Å². The lowest BCUT2D eigenvalue weighted by molar-refractivity contribution is -0.705. The van der Waals surface area contributed by atoms with Gasteiger partial charge in [0.2, 0.25) is 6.04 Å². The molecule has 0 aliphatic carbocycles. The number of hydrogen-bond acceptors (Lipinski definition) is 1. The maximum atomic E-state index is 12.6. The molecule has 1 amide bonds. The van der Waals surface area contributed by atoms with E-state index in [1.807, 2.05) is 66.3 Å². The SMILES string of the molecule is C[C@H](C(=O)Nc1cc(Cl)ccc1Cl)[n+]1cccc(-c2ccccc2)c1. The Morgan fingerprint density at radius 1 is 1.00 bits per heavy atom. The van der Waals surface area contributed by atoms with Gasteiger partial charge in [0.15, 0.2) is 12.4 Å². The number of aromatic nitrogens is 1. The number of benzene rings is 2. The Morgan fingerprint density at radius 2 is 1.72 bits per heavy atom. The molecule has 0 spiro atoms. The van der Waals surface area contributed by atoms with Gasteiger partial charge in [-0.15, -0.1) is 0 Å². The molecule has 3 nitrogen and oxygen atoms in total. The van der Waals surface area contributed by atoms with E-state index < -0.39 is 6.04 Å². The minimum atomic E-state index is -0.404. The predicted molar refractivity (Wildman–Crippen MR) is 102 cm³/mol. The number of carbonyl (C=O) groups excluding carboxylic acids is 1. The average Bonchev–Trinajstić information content (AvgIpc) is 2.65. The van der Waals surface area contributed by atoms with Crippen molar-refractivity contribution in [3.63, 3.8) is 0 Å². The second kappa shape index (κ2) is 7.68. The fourth-order valence-corrected chi connectivity index (χ4v) is 2.84. The fraction of sp³-hybridized carbons (Fsp3) is 0.100. The molecular formula is C20H17Cl2N2O+. The highest BCUT2D eigenvalue weighted by Gasteiger charge is 2.23. The van der Waals surface area contributed by atoms with Gasteiger partial charge in [0.1, 0.15) is 0 Å². The summed E-state index contributed by atoms with van der Waals surface area (Å²) >= 11 is 12.1. The number of halogens is 2. The summed E-state index contributed by atoms with van der Waals surface area (Å²) in [5, 5.41) is 3.80. The molecule has 1 atom stereocenters. The third-order valence-corrected chi connectivity index (χ3v) is 4.51. The van der Waals surface area contributed by atoms with Crippen LogP contribution in [0.3, 0.4) is 0 Å². The van der Waals surface area contributed by atoms with E-state index in [1.165, 1.54) is 0 Å². The van der Waals surface area contributed by atoms with Crippen LogP contribution in [0.1, 0.15) is 13.0 Å². The monoisotopic (exact) mass is 371 g/mol. The third kappa shape index (κ3) is 4.19. The lowest BCUT2D eigenvalue weighted by atomic mass is 10.1. The van der Waals surface area contributed by atoms with E-state index in [0.717, 1.165) is 11.1 Å². The zero-order valence-electron chi connectivity index (χ0n) is 13.6. The molecule has 0 aliphatic heterocycles. The van der Waals surface area contributed by atoms with Gasteiger partial charge in [-0.25, -0.2) is 0 Å². The molecule has 126 valence electrons.